The molecule has 1 amide bonds. The Kier molecular flexibility index (Phi) is 6.28. The highest BCUT2D eigenvalue weighted by atomic mass is 19.1. The van der Waals surface area contributed by atoms with Crippen LogP contribution in [0.3, 0.4) is 0 Å². The molecule has 0 bridgehead atoms. The Hall–Kier alpha value is -3.09. The van der Waals surface area contributed by atoms with Crippen molar-refractivity contribution < 1.29 is 27.9 Å². The minimum Gasteiger partial charge on any atom is -0.451 e. The highest BCUT2D eigenvalue weighted by molar-refractivity contribution is 6.02. The number of amides is 1. The van der Waals surface area contributed by atoms with E-state index in [9.17, 15) is 23.2 Å². The van der Waals surface area contributed by atoms with Crippen LogP contribution in [-0.4, -0.2) is 23.8 Å². The summed E-state index contributed by atoms with van der Waals surface area (Å²) in [5, 5.41) is 2.73. The fourth-order valence-electron chi connectivity index (χ4n) is 2.20. The van der Waals surface area contributed by atoms with Gasteiger partial charge in [0.25, 0.3) is 0 Å². The molecule has 0 radical (unpaired) electrons. The third-order valence-electron chi connectivity index (χ3n) is 3.91. The van der Waals surface area contributed by atoms with Crippen molar-refractivity contribution >= 4 is 23.3 Å². The van der Waals surface area contributed by atoms with Crippen LogP contribution < -0.4 is 5.32 Å². The van der Waals surface area contributed by atoms with Crippen LogP contribution in [0.5, 0.6) is 0 Å². The van der Waals surface area contributed by atoms with Crippen molar-refractivity contribution in [2.24, 2.45) is 5.41 Å². The summed E-state index contributed by atoms with van der Waals surface area (Å²) < 4.78 is 31.6. The van der Waals surface area contributed by atoms with Crippen molar-refractivity contribution in [2.45, 2.75) is 33.8 Å². The number of halogens is 2. The Morgan fingerprint density at radius 3 is 2.14 bits per heavy atom. The van der Waals surface area contributed by atoms with E-state index >= 15 is 0 Å². The standard InChI is InChI=1S/C21H21F2NO4/c1-12(28-19(26)16-10-7-14(22)11-17(16)23)18(25)13-5-8-15(9-6-13)24-20(27)21(2,3)4/h5-12H,1-4H3,(H,24,27)/t12-/m1/s1. The van der Waals surface area contributed by atoms with Gasteiger partial charge in [0.15, 0.2) is 6.10 Å². The first-order chi connectivity index (χ1) is 13.0. The number of ether oxygens (including phenoxy) is 1. The molecule has 0 aliphatic carbocycles. The molecule has 0 fully saturated rings. The van der Waals surface area contributed by atoms with Gasteiger partial charge in [-0.2, -0.15) is 0 Å². The lowest BCUT2D eigenvalue weighted by Gasteiger charge is -2.18. The third kappa shape index (κ3) is 5.22. The predicted octanol–water partition coefficient (Wildman–Crippen LogP) is 4.38. The fourth-order valence-corrected chi connectivity index (χ4v) is 2.20. The average Bonchev–Trinajstić information content (AvgIpc) is 2.60. The number of anilines is 1. The van der Waals surface area contributed by atoms with E-state index in [4.69, 9.17) is 4.74 Å². The van der Waals surface area contributed by atoms with Gasteiger partial charge in [-0.25, -0.2) is 13.6 Å². The second-order valence-electron chi connectivity index (χ2n) is 7.32. The molecule has 2 rings (SSSR count). The van der Waals surface area contributed by atoms with Gasteiger partial charge >= 0.3 is 5.97 Å². The van der Waals surface area contributed by atoms with Gasteiger partial charge in [-0.15, -0.1) is 0 Å². The first-order valence-electron chi connectivity index (χ1n) is 8.61. The lowest BCUT2D eigenvalue weighted by Crippen LogP contribution is -2.27. The summed E-state index contributed by atoms with van der Waals surface area (Å²) in [6.45, 7) is 6.69. The number of esters is 1. The number of carbonyl (C=O) groups excluding carboxylic acids is 3. The van der Waals surface area contributed by atoms with Crippen LogP contribution in [0.4, 0.5) is 14.5 Å². The maximum absolute atomic E-state index is 13.6. The number of ketones is 1. The molecule has 2 aromatic rings. The second kappa shape index (κ2) is 8.29. The zero-order valence-corrected chi connectivity index (χ0v) is 16.0. The molecule has 0 spiro atoms. The number of Topliss-reactive ketones (excluding diaryl/α,β-unsaturated/α-hetero) is 1. The highest BCUT2D eigenvalue weighted by Gasteiger charge is 2.23. The fraction of sp³-hybridized carbons (Fsp3) is 0.286. The first kappa shape index (κ1) is 21.2. The third-order valence-corrected chi connectivity index (χ3v) is 3.91. The van der Waals surface area contributed by atoms with Gasteiger partial charge in [-0.05, 0) is 43.3 Å². The van der Waals surface area contributed by atoms with E-state index in [0.717, 1.165) is 12.1 Å². The van der Waals surface area contributed by atoms with Crippen LogP contribution >= 0.6 is 0 Å². The monoisotopic (exact) mass is 389 g/mol. The number of rotatable bonds is 5. The Morgan fingerprint density at radius 2 is 1.61 bits per heavy atom. The van der Waals surface area contributed by atoms with Crippen molar-refractivity contribution in [3.8, 4) is 0 Å². The van der Waals surface area contributed by atoms with Gasteiger partial charge in [-0.1, -0.05) is 20.8 Å². The Balaban J connectivity index is 2.04. The molecule has 0 aliphatic rings. The zero-order valence-electron chi connectivity index (χ0n) is 16.0. The van der Waals surface area contributed by atoms with Crippen molar-refractivity contribution in [1.82, 2.24) is 0 Å². The molecule has 5 nitrogen and oxygen atoms in total. The quantitative estimate of drug-likeness (QED) is 0.609. The predicted molar refractivity (Wildman–Crippen MR) is 100 cm³/mol. The Labute approximate surface area is 161 Å². The largest absolute Gasteiger partial charge is 0.451 e. The van der Waals surface area contributed by atoms with Gasteiger partial charge in [0.2, 0.25) is 11.7 Å². The summed E-state index contributed by atoms with van der Waals surface area (Å²) >= 11 is 0. The van der Waals surface area contributed by atoms with E-state index in [1.54, 1.807) is 32.9 Å². The van der Waals surface area contributed by atoms with E-state index in [0.29, 0.717) is 11.8 Å². The van der Waals surface area contributed by atoms with Crippen LogP contribution in [0.25, 0.3) is 0 Å². The smallest absolute Gasteiger partial charge is 0.341 e. The summed E-state index contributed by atoms with van der Waals surface area (Å²) in [6, 6.07) is 8.55. The van der Waals surface area contributed by atoms with Gasteiger partial charge in [0.05, 0.1) is 5.56 Å². The first-order valence-corrected chi connectivity index (χ1v) is 8.61. The van der Waals surface area contributed by atoms with Gasteiger partial charge < -0.3 is 10.1 Å². The van der Waals surface area contributed by atoms with Crippen LogP contribution in [0.2, 0.25) is 0 Å². The lowest BCUT2D eigenvalue weighted by atomic mass is 9.95. The van der Waals surface area contributed by atoms with Gasteiger partial charge in [-0.3, -0.25) is 9.59 Å². The number of hydrogen-bond acceptors (Lipinski definition) is 4. The summed E-state index contributed by atoms with van der Waals surface area (Å²) in [7, 11) is 0. The Bertz CT molecular complexity index is 902. The summed E-state index contributed by atoms with van der Waals surface area (Å²) in [5.41, 5.74) is -0.239. The normalized spacial score (nSPS) is 12.2. The summed E-state index contributed by atoms with van der Waals surface area (Å²) in [5.74, 6) is -3.62. The Morgan fingerprint density at radius 1 is 1.00 bits per heavy atom. The van der Waals surface area contributed by atoms with Gasteiger partial charge in [0, 0.05) is 22.7 Å². The van der Waals surface area contributed by atoms with Crippen molar-refractivity contribution in [3.05, 3.63) is 65.2 Å². The molecular formula is C21H21F2NO4. The maximum atomic E-state index is 13.6. The number of hydrogen-bond donors (Lipinski definition) is 1. The van der Waals surface area contributed by atoms with E-state index in [1.807, 2.05) is 0 Å². The molecule has 0 saturated carbocycles. The van der Waals surface area contributed by atoms with E-state index in [-0.39, 0.29) is 11.5 Å². The molecule has 2 aromatic carbocycles. The molecule has 1 N–H and O–H groups in total. The minimum atomic E-state index is -1.17. The minimum absolute atomic E-state index is 0.171. The molecular weight excluding hydrogens is 368 g/mol. The topological polar surface area (TPSA) is 72.5 Å². The maximum Gasteiger partial charge on any atom is 0.341 e. The van der Waals surface area contributed by atoms with Crippen molar-refractivity contribution in [3.63, 3.8) is 0 Å². The molecule has 1 atom stereocenters. The van der Waals surface area contributed by atoms with E-state index in [2.05, 4.69) is 5.32 Å². The second-order valence-corrected chi connectivity index (χ2v) is 7.32. The summed E-state index contributed by atoms with van der Waals surface area (Å²) in [6.07, 6.45) is -1.17. The molecule has 148 valence electrons. The van der Waals surface area contributed by atoms with Crippen molar-refractivity contribution in [1.29, 1.82) is 0 Å². The molecule has 0 aromatic heterocycles. The van der Waals surface area contributed by atoms with Crippen LogP contribution in [0, 0.1) is 17.0 Å². The number of benzene rings is 2. The zero-order chi connectivity index (χ0) is 21.1. The molecule has 28 heavy (non-hydrogen) atoms. The molecule has 0 unspecified atom stereocenters. The van der Waals surface area contributed by atoms with E-state index in [1.165, 1.54) is 19.1 Å². The van der Waals surface area contributed by atoms with Gasteiger partial charge in [0.1, 0.15) is 11.6 Å². The number of nitrogens with one attached hydrogen (secondary N) is 1. The molecule has 0 saturated heterocycles. The summed E-state index contributed by atoms with van der Waals surface area (Å²) in [4.78, 5) is 36.4. The van der Waals surface area contributed by atoms with Crippen LogP contribution in [0.15, 0.2) is 42.5 Å². The van der Waals surface area contributed by atoms with Crippen molar-refractivity contribution in [2.75, 3.05) is 5.32 Å². The lowest BCUT2D eigenvalue weighted by molar-refractivity contribution is -0.123. The highest BCUT2D eigenvalue weighted by Crippen LogP contribution is 2.19. The number of carbonyl (C=O) groups is 3. The molecule has 0 heterocycles. The molecule has 7 heteroatoms. The average molecular weight is 389 g/mol. The van der Waals surface area contributed by atoms with Crippen LogP contribution in [0.1, 0.15) is 48.4 Å². The molecule has 0 aliphatic heterocycles. The van der Waals surface area contributed by atoms with E-state index < -0.39 is 40.5 Å². The SMILES string of the molecule is C[C@@H](OC(=O)c1ccc(F)cc1F)C(=O)c1ccc(NC(=O)C(C)(C)C)cc1. The van der Waals surface area contributed by atoms with Crippen LogP contribution in [-0.2, 0) is 9.53 Å².